The highest BCUT2D eigenvalue weighted by Crippen LogP contribution is 2.43. The fourth-order valence-electron chi connectivity index (χ4n) is 4.67. The first kappa shape index (κ1) is 27.9. The van der Waals surface area contributed by atoms with Gasteiger partial charge in [-0.25, -0.2) is 9.97 Å². The lowest BCUT2D eigenvalue weighted by atomic mass is 9.83. The van der Waals surface area contributed by atoms with Gasteiger partial charge in [-0.15, -0.1) is 0 Å². The van der Waals surface area contributed by atoms with Crippen LogP contribution in [0.2, 0.25) is 0 Å². The van der Waals surface area contributed by atoms with Crippen LogP contribution in [0.25, 0.3) is 0 Å². The lowest BCUT2D eigenvalue weighted by Gasteiger charge is -2.43. The Morgan fingerprint density at radius 2 is 1.58 bits per heavy atom. The molecule has 1 aliphatic rings. The maximum atomic E-state index is 13.1. The Balaban J connectivity index is 1.99. The highest BCUT2D eigenvalue weighted by atomic mass is 19.4. The van der Waals surface area contributed by atoms with Crippen molar-refractivity contribution in [2.24, 2.45) is 11.8 Å². The number of hydrogen-bond donors (Lipinski definition) is 1. The molecular weight excluding hydrogens is 488 g/mol. The van der Waals surface area contributed by atoms with Crippen LogP contribution in [0, 0.1) is 11.8 Å². The minimum absolute atomic E-state index is 0.0710. The first-order valence-corrected chi connectivity index (χ1v) is 11.8. The van der Waals surface area contributed by atoms with Crippen LogP contribution in [-0.4, -0.2) is 32.5 Å². The topological polar surface area (TPSA) is 66.3 Å². The maximum absolute atomic E-state index is 13.1. The van der Waals surface area contributed by atoms with E-state index in [1.54, 1.807) is 0 Å². The van der Waals surface area contributed by atoms with E-state index >= 15 is 0 Å². The standard InChI is InChI=1S/C25H29F6N3O2/c1-15(2)3-8-20(23-32-13-19(14-33-23)25(29,30)31)34-10-9-16(12-22(35)36)11-21(34)17-4-6-18(7-5-17)24(26,27)28/h4-7,13-16,20-21H,3,8-12H2,1-2H3,(H,35,36)/t16-,20-,21+/m1/s1. The lowest BCUT2D eigenvalue weighted by Crippen LogP contribution is -2.40. The molecule has 2 heterocycles. The molecule has 198 valence electrons. The van der Waals surface area contributed by atoms with E-state index in [-0.39, 0.29) is 24.1 Å². The van der Waals surface area contributed by atoms with Crippen molar-refractivity contribution >= 4 is 5.97 Å². The molecule has 36 heavy (non-hydrogen) atoms. The number of benzene rings is 1. The zero-order chi connectivity index (χ0) is 26.7. The van der Waals surface area contributed by atoms with Gasteiger partial charge in [0, 0.05) is 24.9 Å². The number of alkyl halides is 6. The molecule has 0 unspecified atom stereocenters. The summed E-state index contributed by atoms with van der Waals surface area (Å²) in [4.78, 5) is 21.4. The van der Waals surface area contributed by atoms with Crippen molar-refractivity contribution in [3.8, 4) is 0 Å². The highest BCUT2D eigenvalue weighted by molar-refractivity contribution is 5.67. The highest BCUT2D eigenvalue weighted by Gasteiger charge is 2.38. The minimum atomic E-state index is -4.58. The van der Waals surface area contributed by atoms with E-state index < -0.39 is 41.5 Å². The molecule has 11 heteroatoms. The van der Waals surface area contributed by atoms with Gasteiger partial charge in [0.1, 0.15) is 5.82 Å². The monoisotopic (exact) mass is 517 g/mol. The maximum Gasteiger partial charge on any atom is 0.419 e. The van der Waals surface area contributed by atoms with Crippen LogP contribution in [0.4, 0.5) is 26.3 Å². The van der Waals surface area contributed by atoms with Gasteiger partial charge in [0.15, 0.2) is 0 Å². The predicted octanol–water partition coefficient (Wildman–Crippen LogP) is 6.92. The summed E-state index contributed by atoms with van der Waals surface area (Å²) in [6.45, 7) is 4.44. The second kappa shape index (κ2) is 11.1. The van der Waals surface area contributed by atoms with Crippen molar-refractivity contribution in [3.05, 3.63) is 59.2 Å². The molecule has 1 saturated heterocycles. The molecule has 1 N–H and O–H groups in total. The summed E-state index contributed by atoms with van der Waals surface area (Å²) in [5.74, 6) is -0.652. The van der Waals surface area contributed by atoms with Crippen molar-refractivity contribution in [2.75, 3.05) is 6.54 Å². The zero-order valence-corrected chi connectivity index (χ0v) is 20.0. The Hall–Kier alpha value is -2.69. The largest absolute Gasteiger partial charge is 0.481 e. The van der Waals surface area contributed by atoms with E-state index in [9.17, 15) is 36.2 Å². The molecule has 1 fully saturated rings. The third-order valence-corrected chi connectivity index (χ3v) is 6.55. The van der Waals surface area contributed by atoms with Gasteiger partial charge in [-0.1, -0.05) is 26.0 Å². The average Bonchev–Trinajstić information content (AvgIpc) is 2.78. The van der Waals surface area contributed by atoms with Crippen LogP contribution < -0.4 is 0 Å². The van der Waals surface area contributed by atoms with Gasteiger partial charge in [0.05, 0.1) is 17.2 Å². The molecule has 0 spiro atoms. The van der Waals surface area contributed by atoms with E-state index in [0.29, 0.717) is 31.4 Å². The Labute approximate surface area is 205 Å². The molecule has 1 aromatic heterocycles. The number of aliphatic carboxylic acids is 1. The Bertz CT molecular complexity index is 1010. The van der Waals surface area contributed by atoms with E-state index in [1.807, 2.05) is 18.7 Å². The summed E-state index contributed by atoms with van der Waals surface area (Å²) in [6, 6.07) is 3.84. The van der Waals surface area contributed by atoms with Gasteiger partial charge in [0.25, 0.3) is 0 Å². The molecule has 0 aliphatic carbocycles. The number of halogens is 6. The molecule has 1 aromatic carbocycles. The van der Waals surface area contributed by atoms with Gasteiger partial charge in [0.2, 0.25) is 0 Å². The third kappa shape index (κ3) is 7.18. The Morgan fingerprint density at radius 3 is 2.08 bits per heavy atom. The first-order chi connectivity index (χ1) is 16.8. The lowest BCUT2D eigenvalue weighted by molar-refractivity contribution is -0.139. The van der Waals surface area contributed by atoms with Gasteiger partial charge >= 0.3 is 18.3 Å². The summed E-state index contributed by atoms with van der Waals surface area (Å²) in [5.41, 5.74) is -1.18. The zero-order valence-electron chi connectivity index (χ0n) is 20.0. The van der Waals surface area contributed by atoms with E-state index in [4.69, 9.17) is 0 Å². The Kier molecular flexibility index (Phi) is 8.63. The van der Waals surface area contributed by atoms with Crippen molar-refractivity contribution in [2.45, 2.75) is 70.4 Å². The van der Waals surface area contributed by atoms with Gasteiger partial charge in [-0.3, -0.25) is 9.69 Å². The van der Waals surface area contributed by atoms with Crippen LogP contribution in [0.3, 0.4) is 0 Å². The number of nitrogens with zero attached hydrogens (tertiary/aromatic N) is 3. The van der Waals surface area contributed by atoms with Gasteiger partial charge in [-0.2, -0.15) is 26.3 Å². The summed E-state index contributed by atoms with van der Waals surface area (Å²) >= 11 is 0. The fourth-order valence-corrected chi connectivity index (χ4v) is 4.67. The summed E-state index contributed by atoms with van der Waals surface area (Å²) in [7, 11) is 0. The predicted molar refractivity (Wildman–Crippen MR) is 120 cm³/mol. The molecule has 0 radical (unpaired) electrons. The van der Waals surface area contributed by atoms with Crippen molar-refractivity contribution in [1.29, 1.82) is 0 Å². The number of carboxylic acid groups (broad SMARTS) is 1. The van der Waals surface area contributed by atoms with Crippen molar-refractivity contribution < 1.29 is 36.2 Å². The number of piperidine rings is 1. The molecule has 0 amide bonds. The molecule has 0 bridgehead atoms. The van der Waals surface area contributed by atoms with E-state index in [2.05, 4.69) is 9.97 Å². The fraction of sp³-hybridized carbons (Fsp3) is 0.560. The summed E-state index contributed by atoms with van der Waals surface area (Å²) < 4.78 is 78.5. The molecule has 3 atom stereocenters. The average molecular weight is 518 g/mol. The first-order valence-electron chi connectivity index (χ1n) is 11.8. The number of carbonyl (C=O) groups is 1. The smallest absolute Gasteiger partial charge is 0.419 e. The van der Waals surface area contributed by atoms with Crippen LogP contribution in [0.5, 0.6) is 0 Å². The number of aromatic nitrogens is 2. The number of likely N-dealkylation sites (tertiary alicyclic amines) is 1. The van der Waals surface area contributed by atoms with Gasteiger partial charge < -0.3 is 5.11 Å². The van der Waals surface area contributed by atoms with Crippen molar-refractivity contribution in [1.82, 2.24) is 14.9 Å². The quantitative estimate of drug-likeness (QED) is 0.385. The summed E-state index contributed by atoms with van der Waals surface area (Å²) in [6.07, 6.45) is -5.48. The molecular formula is C25H29F6N3O2. The third-order valence-electron chi connectivity index (χ3n) is 6.55. The van der Waals surface area contributed by atoms with Gasteiger partial charge in [-0.05, 0) is 61.8 Å². The van der Waals surface area contributed by atoms with Crippen LogP contribution >= 0.6 is 0 Å². The van der Waals surface area contributed by atoms with E-state index in [0.717, 1.165) is 30.9 Å². The second-order valence-corrected chi connectivity index (χ2v) is 9.68. The van der Waals surface area contributed by atoms with Crippen LogP contribution in [0.15, 0.2) is 36.7 Å². The van der Waals surface area contributed by atoms with E-state index in [1.165, 1.54) is 12.1 Å². The Morgan fingerprint density at radius 1 is 1.00 bits per heavy atom. The molecule has 0 saturated carbocycles. The molecule has 2 aromatic rings. The summed E-state index contributed by atoms with van der Waals surface area (Å²) in [5, 5.41) is 9.29. The second-order valence-electron chi connectivity index (χ2n) is 9.68. The molecule has 1 aliphatic heterocycles. The van der Waals surface area contributed by atoms with Crippen LogP contribution in [0.1, 0.15) is 80.6 Å². The number of rotatable bonds is 8. The molecule has 3 rings (SSSR count). The SMILES string of the molecule is CC(C)CC[C@H](c1ncc(C(F)(F)F)cn1)N1CC[C@@H](CC(=O)O)C[C@H]1c1ccc(C(F)(F)F)cc1. The molecule has 5 nitrogen and oxygen atoms in total. The minimum Gasteiger partial charge on any atom is -0.481 e. The number of hydrogen-bond acceptors (Lipinski definition) is 4. The van der Waals surface area contributed by atoms with Crippen LogP contribution in [-0.2, 0) is 17.1 Å². The van der Waals surface area contributed by atoms with Crippen molar-refractivity contribution in [3.63, 3.8) is 0 Å². The number of carboxylic acids is 1. The normalized spacial score (nSPS) is 20.5.